The Hall–Kier alpha value is -2.14. The molecule has 1 saturated heterocycles. The van der Waals surface area contributed by atoms with Gasteiger partial charge in [-0.05, 0) is 78.9 Å². The molecule has 1 N–H and O–H groups in total. The molecular formula is C25H26ClN3S. The number of aryl methyl sites for hydroxylation is 1. The molecular weight excluding hydrogens is 410 g/mol. The van der Waals surface area contributed by atoms with E-state index in [2.05, 4.69) is 62.2 Å². The van der Waals surface area contributed by atoms with Crippen LogP contribution in [0.5, 0.6) is 0 Å². The van der Waals surface area contributed by atoms with Gasteiger partial charge in [0, 0.05) is 46.2 Å². The molecule has 0 aliphatic carbocycles. The second kappa shape index (κ2) is 8.93. The summed E-state index contributed by atoms with van der Waals surface area (Å²) in [4.78, 5) is 10.4. The first-order chi connectivity index (χ1) is 14.8. The van der Waals surface area contributed by atoms with Gasteiger partial charge >= 0.3 is 0 Å². The number of piperidine rings is 1. The zero-order chi connectivity index (χ0) is 20.3. The molecule has 3 nitrogen and oxygen atoms in total. The quantitative estimate of drug-likeness (QED) is 0.262. The van der Waals surface area contributed by atoms with Crippen LogP contribution in [-0.4, -0.2) is 33.5 Å². The van der Waals surface area contributed by atoms with Gasteiger partial charge in [-0.2, -0.15) is 11.3 Å². The first kappa shape index (κ1) is 19.8. The van der Waals surface area contributed by atoms with Gasteiger partial charge in [0.1, 0.15) is 0 Å². The van der Waals surface area contributed by atoms with Crippen LogP contribution in [0.15, 0.2) is 59.7 Å². The molecule has 0 amide bonds. The predicted octanol–water partition coefficient (Wildman–Crippen LogP) is 6.94. The molecule has 0 saturated carbocycles. The van der Waals surface area contributed by atoms with Crippen molar-refractivity contribution >= 4 is 33.8 Å². The van der Waals surface area contributed by atoms with Crippen molar-refractivity contribution in [3.05, 3.63) is 65.2 Å². The van der Waals surface area contributed by atoms with Crippen molar-refractivity contribution < 1.29 is 0 Å². The Morgan fingerprint density at radius 2 is 1.90 bits per heavy atom. The van der Waals surface area contributed by atoms with Gasteiger partial charge in [-0.25, -0.2) is 0 Å². The van der Waals surface area contributed by atoms with E-state index in [-0.39, 0.29) is 5.50 Å². The van der Waals surface area contributed by atoms with Crippen LogP contribution < -0.4 is 0 Å². The Morgan fingerprint density at radius 1 is 1.03 bits per heavy atom. The zero-order valence-electron chi connectivity index (χ0n) is 17.0. The summed E-state index contributed by atoms with van der Waals surface area (Å²) >= 11 is 8.39. The van der Waals surface area contributed by atoms with Gasteiger partial charge in [-0.15, -0.1) is 11.6 Å². The average molecular weight is 436 g/mol. The van der Waals surface area contributed by atoms with Gasteiger partial charge < -0.3 is 4.98 Å². The van der Waals surface area contributed by atoms with Crippen LogP contribution in [0.25, 0.3) is 33.2 Å². The van der Waals surface area contributed by atoms with Crippen molar-refractivity contribution in [2.45, 2.75) is 37.6 Å². The number of H-pyrrole nitrogens is 1. The second-order valence-electron chi connectivity index (χ2n) is 8.13. The van der Waals surface area contributed by atoms with Gasteiger partial charge in [0.25, 0.3) is 0 Å². The average Bonchev–Trinajstić information content (AvgIpc) is 3.48. The fourth-order valence-corrected chi connectivity index (χ4v) is 5.38. The summed E-state index contributed by atoms with van der Waals surface area (Å²) in [5.74, 6) is 0. The number of thiophene rings is 1. The van der Waals surface area contributed by atoms with E-state index in [4.69, 9.17) is 11.6 Å². The Kier molecular flexibility index (Phi) is 5.89. The van der Waals surface area contributed by atoms with E-state index >= 15 is 0 Å². The molecule has 4 aromatic rings. The Bertz CT molecular complexity index is 1110. The van der Waals surface area contributed by atoms with Crippen LogP contribution in [0.1, 0.15) is 31.2 Å². The molecule has 1 aliphatic heterocycles. The molecule has 4 heterocycles. The molecule has 0 spiro atoms. The number of rotatable bonds is 6. The van der Waals surface area contributed by atoms with Gasteiger partial charge in [0.05, 0.1) is 5.50 Å². The third-order valence-electron chi connectivity index (χ3n) is 6.11. The van der Waals surface area contributed by atoms with E-state index in [9.17, 15) is 0 Å². The molecule has 1 aromatic carbocycles. The smallest absolute Gasteiger partial charge is 0.0853 e. The molecule has 0 bridgehead atoms. The summed E-state index contributed by atoms with van der Waals surface area (Å²) in [6, 6.07) is 11.1. The highest BCUT2D eigenvalue weighted by Gasteiger charge is 2.18. The molecule has 154 valence electrons. The maximum absolute atomic E-state index is 6.68. The van der Waals surface area contributed by atoms with Crippen molar-refractivity contribution in [3.63, 3.8) is 0 Å². The standard InChI is InChI=1S/C25H26ClN3S/c26-25(29-9-2-1-3-10-29)7-5-18-4-6-22-23(16-28-24(22)12-18)21-13-20(14-27-15-21)19-8-11-30-17-19/h4,6,8,11-17,25,28H,1-3,5,7,9-10H2. The number of likely N-dealkylation sites (tertiary alicyclic amines) is 1. The molecule has 3 aromatic heterocycles. The van der Waals surface area contributed by atoms with Crippen molar-refractivity contribution in [2.75, 3.05) is 13.1 Å². The lowest BCUT2D eigenvalue weighted by molar-refractivity contribution is 0.203. The van der Waals surface area contributed by atoms with E-state index < -0.39 is 0 Å². The highest BCUT2D eigenvalue weighted by molar-refractivity contribution is 7.08. The Balaban J connectivity index is 1.33. The maximum atomic E-state index is 6.68. The monoisotopic (exact) mass is 435 g/mol. The molecule has 30 heavy (non-hydrogen) atoms. The van der Waals surface area contributed by atoms with Gasteiger partial charge in [-0.3, -0.25) is 9.88 Å². The van der Waals surface area contributed by atoms with Crippen molar-refractivity contribution in [2.24, 2.45) is 0 Å². The first-order valence-electron chi connectivity index (χ1n) is 10.7. The maximum Gasteiger partial charge on any atom is 0.0853 e. The van der Waals surface area contributed by atoms with E-state index in [0.29, 0.717) is 0 Å². The largest absolute Gasteiger partial charge is 0.361 e. The predicted molar refractivity (Wildman–Crippen MR) is 128 cm³/mol. The number of alkyl halides is 1. The number of halogens is 1. The number of benzene rings is 1. The number of hydrogen-bond acceptors (Lipinski definition) is 3. The lowest BCUT2D eigenvalue weighted by Gasteiger charge is -2.30. The van der Waals surface area contributed by atoms with Crippen LogP contribution in [0.4, 0.5) is 0 Å². The minimum Gasteiger partial charge on any atom is -0.361 e. The zero-order valence-corrected chi connectivity index (χ0v) is 18.6. The molecule has 0 radical (unpaired) electrons. The van der Waals surface area contributed by atoms with Gasteiger partial charge in [0.2, 0.25) is 0 Å². The van der Waals surface area contributed by atoms with Crippen LogP contribution in [0, 0.1) is 0 Å². The third kappa shape index (κ3) is 4.18. The lowest BCUT2D eigenvalue weighted by atomic mass is 10.0. The Morgan fingerprint density at radius 3 is 2.73 bits per heavy atom. The summed E-state index contributed by atoms with van der Waals surface area (Å²) in [6.45, 7) is 2.29. The molecule has 5 rings (SSSR count). The topological polar surface area (TPSA) is 31.9 Å². The number of nitrogens with one attached hydrogen (secondary N) is 1. The Labute approximate surface area is 186 Å². The van der Waals surface area contributed by atoms with Crippen molar-refractivity contribution in [1.82, 2.24) is 14.9 Å². The van der Waals surface area contributed by atoms with E-state index in [1.54, 1.807) is 11.3 Å². The molecule has 1 fully saturated rings. The van der Waals surface area contributed by atoms with Crippen molar-refractivity contribution in [1.29, 1.82) is 0 Å². The normalized spacial score (nSPS) is 16.2. The lowest BCUT2D eigenvalue weighted by Crippen LogP contribution is -2.36. The third-order valence-corrected chi connectivity index (χ3v) is 7.29. The van der Waals surface area contributed by atoms with E-state index in [1.807, 2.05) is 12.4 Å². The summed E-state index contributed by atoms with van der Waals surface area (Å²) in [6.07, 6.45) is 11.9. The first-order valence-corrected chi connectivity index (χ1v) is 12.1. The van der Waals surface area contributed by atoms with Crippen molar-refractivity contribution in [3.8, 4) is 22.3 Å². The minimum absolute atomic E-state index is 0.145. The number of aromatic amines is 1. The van der Waals surface area contributed by atoms with Crippen LogP contribution in [0.2, 0.25) is 0 Å². The fourth-order valence-electron chi connectivity index (χ4n) is 4.41. The SMILES string of the molecule is ClC(CCc1ccc2c(-c3cncc(-c4ccsc4)c3)c[nH]c2c1)N1CCCCC1. The van der Waals surface area contributed by atoms with Gasteiger partial charge in [0.15, 0.2) is 0 Å². The van der Waals surface area contributed by atoms with Crippen LogP contribution in [-0.2, 0) is 6.42 Å². The summed E-state index contributed by atoms with van der Waals surface area (Å²) in [7, 11) is 0. The van der Waals surface area contributed by atoms with Gasteiger partial charge in [-0.1, -0.05) is 18.6 Å². The molecule has 5 heteroatoms. The summed E-state index contributed by atoms with van der Waals surface area (Å²) in [5.41, 5.74) is 7.38. The van der Waals surface area contributed by atoms with Crippen LogP contribution >= 0.6 is 22.9 Å². The molecule has 1 aliphatic rings. The number of hydrogen-bond donors (Lipinski definition) is 1. The highest BCUT2D eigenvalue weighted by Crippen LogP contribution is 2.32. The van der Waals surface area contributed by atoms with Crippen LogP contribution in [0.3, 0.4) is 0 Å². The fraction of sp³-hybridized carbons (Fsp3) is 0.320. The number of aromatic nitrogens is 2. The summed E-state index contributed by atoms with van der Waals surface area (Å²) in [5, 5.41) is 5.50. The highest BCUT2D eigenvalue weighted by atomic mass is 35.5. The second-order valence-corrected chi connectivity index (χ2v) is 9.41. The molecule has 1 unspecified atom stereocenters. The number of fused-ring (bicyclic) bond motifs is 1. The van der Waals surface area contributed by atoms with E-state index in [0.717, 1.165) is 37.1 Å². The number of pyridine rings is 1. The van der Waals surface area contributed by atoms with E-state index in [1.165, 1.54) is 46.9 Å². The number of nitrogens with zero attached hydrogens (tertiary/aromatic N) is 2. The molecule has 1 atom stereocenters. The summed E-state index contributed by atoms with van der Waals surface area (Å²) < 4.78 is 0. The minimum atomic E-state index is 0.145.